The van der Waals surface area contributed by atoms with Gasteiger partial charge in [0.1, 0.15) is 11.5 Å². The van der Waals surface area contributed by atoms with E-state index in [0.29, 0.717) is 0 Å². The van der Waals surface area contributed by atoms with Crippen LogP contribution in [-0.4, -0.2) is 32.2 Å². The number of H-pyrrole nitrogens is 1. The van der Waals surface area contributed by atoms with Crippen molar-refractivity contribution in [2.75, 3.05) is 7.11 Å². The minimum atomic E-state index is 0.253. The summed E-state index contributed by atoms with van der Waals surface area (Å²) in [6.45, 7) is 0. The van der Waals surface area contributed by atoms with Gasteiger partial charge >= 0.3 is 0 Å². The monoisotopic (exact) mass is 462 g/mol. The van der Waals surface area contributed by atoms with Crippen LogP contribution in [0.2, 0.25) is 0 Å². The number of hydrogen-bond acceptors (Lipinski definition) is 4. The van der Waals surface area contributed by atoms with Gasteiger partial charge in [-0.3, -0.25) is 5.10 Å². The predicted octanol–water partition coefficient (Wildman–Crippen LogP) is 4.29. The van der Waals surface area contributed by atoms with E-state index in [0.717, 1.165) is 11.4 Å². The molecule has 0 saturated carbocycles. The molecule has 26 heavy (non-hydrogen) atoms. The summed E-state index contributed by atoms with van der Waals surface area (Å²) < 4.78 is 7.89. The lowest BCUT2D eigenvalue weighted by molar-refractivity contribution is 0.414. The normalized spacial score (nSPS) is 9.31. The van der Waals surface area contributed by atoms with Gasteiger partial charge < -0.3 is 9.84 Å². The van der Waals surface area contributed by atoms with Gasteiger partial charge in [0.25, 0.3) is 0 Å². The lowest BCUT2D eigenvalue weighted by Gasteiger charge is -2.00. The number of benzene rings is 2. The van der Waals surface area contributed by atoms with E-state index in [1.54, 1.807) is 48.6 Å². The summed E-state index contributed by atoms with van der Waals surface area (Å²) >= 11 is 2.25. The molecule has 2 N–H and O–H groups in total. The van der Waals surface area contributed by atoms with Gasteiger partial charge in [-0.2, -0.15) is 10.2 Å². The standard InChI is InChI=1S/C9H8N2O.C7H7IO.C3H4N2/c12-9-4-1-3-8(7-9)11-6-2-5-10-11;1-9-7-4-2-3-6(8)5-7;1-2-4-5-3-1/h1-7,12H;2-5H,1H3;1-3H,(H,4,5). The maximum atomic E-state index is 9.17. The molecular formula is C19H19IN4O2. The molecule has 0 radical (unpaired) electrons. The maximum absolute atomic E-state index is 9.17. The number of halogens is 1. The maximum Gasteiger partial charge on any atom is 0.119 e. The number of nitrogens with one attached hydrogen (secondary N) is 1. The van der Waals surface area contributed by atoms with Gasteiger partial charge in [0.2, 0.25) is 0 Å². The third-order valence-corrected chi connectivity index (χ3v) is 3.71. The molecule has 7 heteroatoms. The zero-order valence-corrected chi connectivity index (χ0v) is 16.3. The number of aromatic hydroxyl groups is 1. The molecule has 4 aromatic rings. The SMILES string of the molecule is COc1cccc(I)c1.Oc1cccc(-n2cccn2)c1.c1cn[nH]c1. The van der Waals surface area contributed by atoms with E-state index < -0.39 is 0 Å². The van der Waals surface area contributed by atoms with Crippen molar-refractivity contribution in [2.24, 2.45) is 0 Å². The van der Waals surface area contributed by atoms with Gasteiger partial charge in [-0.05, 0) is 65.1 Å². The Kier molecular flexibility index (Phi) is 8.20. The van der Waals surface area contributed by atoms with E-state index in [2.05, 4.69) is 37.9 Å². The van der Waals surface area contributed by atoms with Crippen LogP contribution in [-0.2, 0) is 0 Å². The molecule has 0 unspecified atom stereocenters. The Labute approximate surface area is 165 Å². The summed E-state index contributed by atoms with van der Waals surface area (Å²) in [5.74, 6) is 1.17. The molecule has 0 aliphatic carbocycles. The minimum Gasteiger partial charge on any atom is -0.508 e. The topological polar surface area (TPSA) is 76.0 Å². The smallest absolute Gasteiger partial charge is 0.119 e. The van der Waals surface area contributed by atoms with Gasteiger partial charge in [-0.15, -0.1) is 0 Å². The molecule has 0 atom stereocenters. The Morgan fingerprint density at radius 1 is 1.04 bits per heavy atom. The zero-order valence-electron chi connectivity index (χ0n) is 14.2. The quantitative estimate of drug-likeness (QED) is 0.436. The van der Waals surface area contributed by atoms with Crippen molar-refractivity contribution in [3.05, 3.63) is 89.0 Å². The summed E-state index contributed by atoms with van der Waals surface area (Å²) in [5, 5.41) is 19.4. The van der Waals surface area contributed by atoms with Gasteiger partial charge in [-0.1, -0.05) is 12.1 Å². The average molecular weight is 462 g/mol. The summed E-state index contributed by atoms with van der Waals surface area (Å²) in [5.41, 5.74) is 0.861. The summed E-state index contributed by atoms with van der Waals surface area (Å²) in [6.07, 6.45) is 6.98. The van der Waals surface area contributed by atoms with Crippen LogP contribution in [0.15, 0.2) is 85.5 Å². The molecule has 0 aliphatic rings. The van der Waals surface area contributed by atoms with E-state index in [1.165, 1.54) is 3.57 Å². The highest BCUT2D eigenvalue weighted by Gasteiger charge is 1.95. The first-order valence-electron chi connectivity index (χ1n) is 7.71. The molecule has 0 aliphatic heterocycles. The number of aromatic amines is 1. The summed E-state index contributed by atoms with van der Waals surface area (Å²) in [7, 11) is 1.67. The number of nitrogens with zero attached hydrogens (tertiary/aromatic N) is 3. The number of phenols is 1. The van der Waals surface area contributed by atoms with Crippen LogP contribution >= 0.6 is 22.6 Å². The third kappa shape index (κ3) is 6.98. The highest BCUT2D eigenvalue weighted by Crippen LogP contribution is 2.14. The Morgan fingerprint density at radius 3 is 2.38 bits per heavy atom. The Hall–Kier alpha value is -2.81. The molecule has 134 valence electrons. The minimum absolute atomic E-state index is 0.253. The van der Waals surface area contributed by atoms with Crippen LogP contribution in [0.3, 0.4) is 0 Å². The number of ether oxygens (including phenoxy) is 1. The molecule has 0 saturated heterocycles. The Balaban J connectivity index is 0.000000153. The Morgan fingerprint density at radius 2 is 1.88 bits per heavy atom. The van der Waals surface area contributed by atoms with Crippen LogP contribution in [0, 0.1) is 3.57 Å². The van der Waals surface area contributed by atoms with E-state index in [9.17, 15) is 5.11 Å². The fraction of sp³-hybridized carbons (Fsp3) is 0.0526. The number of rotatable bonds is 2. The van der Waals surface area contributed by atoms with E-state index in [-0.39, 0.29) is 5.75 Å². The number of phenolic OH excluding ortho intramolecular Hbond substituents is 1. The molecular weight excluding hydrogens is 443 g/mol. The number of hydrogen-bond donors (Lipinski definition) is 2. The van der Waals surface area contributed by atoms with Crippen LogP contribution < -0.4 is 4.74 Å². The first kappa shape index (κ1) is 19.5. The zero-order chi connectivity index (χ0) is 18.6. The van der Waals surface area contributed by atoms with Gasteiger partial charge in [0, 0.05) is 34.4 Å². The molecule has 4 rings (SSSR count). The largest absolute Gasteiger partial charge is 0.508 e. The summed E-state index contributed by atoms with van der Waals surface area (Å²) in [4.78, 5) is 0. The summed E-state index contributed by atoms with van der Waals surface area (Å²) in [6, 6.07) is 18.6. The lowest BCUT2D eigenvalue weighted by atomic mass is 10.3. The van der Waals surface area contributed by atoms with Gasteiger partial charge in [0.15, 0.2) is 0 Å². The van der Waals surface area contributed by atoms with Gasteiger partial charge in [0.05, 0.1) is 12.8 Å². The highest BCUT2D eigenvalue weighted by molar-refractivity contribution is 14.1. The van der Waals surface area contributed by atoms with Crippen molar-refractivity contribution in [3.8, 4) is 17.2 Å². The van der Waals surface area contributed by atoms with Crippen molar-refractivity contribution in [3.63, 3.8) is 0 Å². The molecule has 0 spiro atoms. The van der Waals surface area contributed by atoms with E-state index in [4.69, 9.17) is 4.74 Å². The van der Waals surface area contributed by atoms with Crippen LogP contribution in [0.5, 0.6) is 11.5 Å². The van der Waals surface area contributed by atoms with Crippen molar-refractivity contribution in [2.45, 2.75) is 0 Å². The molecule has 0 amide bonds. The second-order valence-corrected chi connectivity index (χ2v) is 6.14. The van der Waals surface area contributed by atoms with Crippen molar-refractivity contribution in [1.82, 2.24) is 20.0 Å². The molecule has 0 bridgehead atoms. The molecule has 2 aromatic heterocycles. The van der Waals surface area contributed by atoms with Crippen molar-refractivity contribution >= 4 is 22.6 Å². The first-order valence-corrected chi connectivity index (χ1v) is 8.79. The number of methoxy groups -OCH3 is 1. The molecule has 2 heterocycles. The van der Waals surface area contributed by atoms with E-state index in [1.807, 2.05) is 48.7 Å². The second kappa shape index (κ2) is 10.9. The van der Waals surface area contributed by atoms with Crippen LogP contribution in [0.25, 0.3) is 5.69 Å². The Bertz CT molecular complexity index is 848. The van der Waals surface area contributed by atoms with Crippen molar-refractivity contribution < 1.29 is 9.84 Å². The van der Waals surface area contributed by atoms with Crippen LogP contribution in [0.1, 0.15) is 0 Å². The van der Waals surface area contributed by atoms with Gasteiger partial charge in [-0.25, -0.2) is 4.68 Å². The van der Waals surface area contributed by atoms with Crippen molar-refractivity contribution in [1.29, 1.82) is 0 Å². The highest BCUT2D eigenvalue weighted by atomic mass is 127. The fourth-order valence-corrected chi connectivity index (χ4v) is 2.38. The molecule has 6 nitrogen and oxygen atoms in total. The average Bonchev–Trinajstić information content (AvgIpc) is 3.38. The first-order chi connectivity index (χ1) is 12.7. The third-order valence-electron chi connectivity index (χ3n) is 3.04. The fourth-order valence-electron chi connectivity index (χ4n) is 1.87. The van der Waals surface area contributed by atoms with E-state index >= 15 is 0 Å². The second-order valence-electron chi connectivity index (χ2n) is 4.90. The van der Waals surface area contributed by atoms with Crippen LogP contribution in [0.4, 0.5) is 0 Å². The molecule has 0 fully saturated rings. The lowest BCUT2D eigenvalue weighted by Crippen LogP contribution is -1.92. The predicted molar refractivity (Wildman–Crippen MR) is 110 cm³/mol. The molecule has 2 aromatic carbocycles. The number of aromatic nitrogens is 4.